The monoisotopic (exact) mass is 421 g/mol. The quantitative estimate of drug-likeness (QED) is 0.595. The normalized spacial score (nSPS) is 14.7. The summed E-state index contributed by atoms with van der Waals surface area (Å²) in [5.41, 5.74) is 2.61. The van der Waals surface area contributed by atoms with E-state index >= 15 is 0 Å². The zero-order chi connectivity index (χ0) is 21.1. The lowest BCUT2D eigenvalue weighted by Crippen LogP contribution is -2.24. The van der Waals surface area contributed by atoms with Crippen LogP contribution in [0.1, 0.15) is 49.3 Å². The van der Waals surface area contributed by atoms with Crippen LogP contribution in [0.25, 0.3) is 0 Å². The molecular formula is C22H19N3O4S. The van der Waals surface area contributed by atoms with Gasteiger partial charge in [0.2, 0.25) is 5.91 Å². The van der Waals surface area contributed by atoms with E-state index in [0.29, 0.717) is 22.0 Å². The maximum Gasteiger partial charge on any atom is 0.357 e. The highest BCUT2D eigenvalue weighted by atomic mass is 32.1. The number of thiazole rings is 1. The third kappa shape index (κ3) is 4.08. The molecule has 4 rings (SSSR count). The number of nitrogens with one attached hydrogen (secondary N) is 2. The summed E-state index contributed by atoms with van der Waals surface area (Å²) < 4.78 is 4.84. The summed E-state index contributed by atoms with van der Waals surface area (Å²) in [6, 6.07) is 16.5. The van der Waals surface area contributed by atoms with Crippen LogP contribution in [0.3, 0.4) is 0 Å². The standard InChI is InChI=1S/C22H19N3O4S/c1-29-21(28)19-17(11-13-7-3-2-4-8-13)30-22(25-19)24-18(26)12-16-14-9-5-6-10-15(14)20(27)23-16/h2-10,16H,11-12H2,1H3,(H,23,27)(H,24,25,26)/t16-/m0/s1. The lowest BCUT2D eigenvalue weighted by atomic mass is 10.0. The Morgan fingerprint density at radius 1 is 1.13 bits per heavy atom. The largest absolute Gasteiger partial charge is 0.464 e. The van der Waals surface area contributed by atoms with Crippen molar-refractivity contribution in [2.45, 2.75) is 18.9 Å². The Balaban J connectivity index is 1.50. The summed E-state index contributed by atoms with van der Waals surface area (Å²) in [7, 11) is 1.30. The third-order valence-corrected chi connectivity index (χ3v) is 5.78. The first-order valence-corrected chi connectivity index (χ1v) is 10.2. The molecule has 2 aromatic carbocycles. The van der Waals surface area contributed by atoms with Gasteiger partial charge in [-0.25, -0.2) is 9.78 Å². The number of ether oxygens (including phenoxy) is 1. The summed E-state index contributed by atoms with van der Waals surface area (Å²) in [4.78, 5) is 41.8. The Hall–Kier alpha value is -3.52. The Morgan fingerprint density at radius 2 is 1.87 bits per heavy atom. The first-order chi connectivity index (χ1) is 14.5. The van der Waals surface area contributed by atoms with Gasteiger partial charge in [0.05, 0.1) is 19.6 Å². The number of fused-ring (bicyclic) bond motifs is 1. The summed E-state index contributed by atoms with van der Waals surface area (Å²) in [5, 5.41) is 5.89. The predicted octanol–water partition coefficient (Wildman–Crippen LogP) is 3.33. The van der Waals surface area contributed by atoms with E-state index in [4.69, 9.17) is 4.74 Å². The van der Waals surface area contributed by atoms with E-state index in [2.05, 4.69) is 15.6 Å². The van der Waals surface area contributed by atoms with Crippen LogP contribution in [-0.2, 0) is 16.0 Å². The fraction of sp³-hybridized carbons (Fsp3) is 0.182. The zero-order valence-corrected chi connectivity index (χ0v) is 17.0. The fourth-order valence-electron chi connectivity index (χ4n) is 3.40. The SMILES string of the molecule is COC(=O)c1nc(NC(=O)C[C@@H]2NC(=O)c3ccccc32)sc1Cc1ccccc1. The number of rotatable bonds is 6. The summed E-state index contributed by atoms with van der Waals surface area (Å²) >= 11 is 1.24. The second-order valence-corrected chi connectivity index (χ2v) is 7.89. The van der Waals surface area contributed by atoms with Gasteiger partial charge < -0.3 is 15.4 Å². The number of hydrogen-bond donors (Lipinski definition) is 2. The molecule has 1 aliphatic rings. The minimum absolute atomic E-state index is 0.0733. The predicted molar refractivity (Wildman–Crippen MR) is 113 cm³/mol. The molecule has 0 saturated heterocycles. The molecular weight excluding hydrogens is 402 g/mol. The van der Waals surface area contributed by atoms with Crippen LogP contribution in [0.2, 0.25) is 0 Å². The van der Waals surface area contributed by atoms with Crippen molar-refractivity contribution in [2.75, 3.05) is 12.4 Å². The summed E-state index contributed by atoms with van der Waals surface area (Å²) in [6.07, 6.45) is 0.578. The molecule has 30 heavy (non-hydrogen) atoms. The molecule has 0 radical (unpaired) electrons. The van der Waals surface area contributed by atoms with Gasteiger partial charge in [-0.1, -0.05) is 48.5 Å². The van der Waals surface area contributed by atoms with Crippen molar-refractivity contribution in [3.05, 3.63) is 81.9 Å². The number of amides is 2. The van der Waals surface area contributed by atoms with Gasteiger partial charge in [-0.3, -0.25) is 9.59 Å². The van der Waals surface area contributed by atoms with Gasteiger partial charge in [0.1, 0.15) is 0 Å². The molecule has 7 nitrogen and oxygen atoms in total. The van der Waals surface area contributed by atoms with Gasteiger partial charge in [-0.2, -0.15) is 0 Å². The highest BCUT2D eigenvalue weighted by Gasteiger charge is 2.30. The van der Waals surface area contributed by atoms with E-state index in [1.165, 1.54) is 18.4 Å². The lowest BCUT2D eigenvalue weighted by molar-refractivity contribution is -0.116. The molecule has 3 aromatic rings. The van der Waals surface area contributed by atoms with E-state index < -0.39 is 12.0 Å². The van der Waals surface area contributed by atoms with Crippen molar-refractivity contribution in [2.24, 2.45) is 0 Å². The van der Waals surface area contributed by atoms with E-state index in [0.717, 1.165) is 11.1 Å². The second kappa shape index (κ2) is 8.46. The molecule has 0 aliphatic carbocycles. The number of carbonyl (C=O) groups is 3. The van der Waals surface area contributed by atoms with Crippen molar-refractivity contribution in [1.82, 2.24) is 10.3 Å². The molecule has 0 saturated carbocycles. The molecule has 2 heterocycles. The fourth-order valence-corrected chi connectivity index (χ4v) is 4.40. The van der Waals surface area contributed by atoms with Crippen LogP contribution in [0.5, 0.6) is 0 Å². The Kier molecular flexibility index (Phi) is 5.58. The van der Waals surface area contributed by atoms with Gasteiger partial charge in [-0.15, -0.1) is 11.3 Å². The summed E-state index contributed by atoms with van der Waals surface area (Å²) in [5.74, 6) is -1.03. The Bertz CT molecular complexity index is 1110. The second-order valence-electron chi connectivity index (χ2n) is 6.81. The topological polar surface area (TPSA) is 97.4 Å². The first-order valence-electron chi connectivity index (χ1n) is 9.36. The molecule has 0 spiro atoms. The number of carbonyl (C=O) groups excluding carboxylic acids is 3. The number of esters is 1. The number of anilines is 1. The maximum absolute atomic E-state index is 12.6. The molecule has 1 aromatic heterocycles. The first kappa shape index (κ1) is 19.8. The molecule has 0 unspecified atom stereocenters. The van der Waals surface area contributed by atoms with Gasteiger partial charge in [-0.05, 0) is 17.2 Å². The van der Waals surface area contributed by atoms with Crippen LogP contribution in [0, 0.1) is 0 Å². The smallest absolute Gasteiger partial charge is 0.357 e. The zero-order valence-electron chi connectivity index (χ0n) is 16.2. The van der Waals surface area contributed by atoms with Gasteiger partial charge in [0, 0.05) is 16.9 Å². The van der Waals surface area contributed by atoms with Crippen LogP contribution >= 0.6 is 11.3 Å². The maximum atomic E-state index is 12.6. The molecule has 0 fully saturated rings. The van der Waals surface area contributed by atoms with Crippen molar-refractivity contribution in [3.8, 4) is 0 Å². The van der Waals surface area contributed by atoms with Crippen LogP contribution in [-0.4, -0.2) is 29.9 Å². The molecule has 2 N–H and O–H groups in total. The number of hydrogen-bond acceptors (Lipinski definition) is 6. The Labute approximate surface area is 177 Å². The molecule has 2 amide bonds. The summed E-state index contributed by atoms with van der Waals surface area (Å²) in [6.45, 7) is 0. The van der Waals surface area contributed by atoms with Crippen LogP contribution < -0.4 is 10.6 Å². The van der Waals surface area contributed by atoms with Crippen molar-refractivity contribution < 1.29 is 19.1 Å². The van der Waals surface area contributed by atoms with Gasteiger partial charge in [0.25, 0.3) is 5.91 Å². The van der Waals surface area contributed by atoms with Gasteiger partial charge >= 0.3 is 5.97 Å². The number of nitrogens with zero attached hydrogens (tertiary/aromatic N) is 1. The Morgan fingerprint density at radius 3 is 2.63 bits per heavy atom. The van der Waals surface area contributed by atoms with E-state index in [1.807, 2.05) is 42.5 Å². The molecule has 1 aliphatic heterocycles. The van der Waals surface area contributed by atoms with Crippen molar-refractivity contribution >= 4 is 34.3 Å². The lowest BCUT2D eigenvalue weighted by Gasteiger charge is -2.10. The van der Waals surface area contributed by atoms with Crippen molar-refractivity contribution in [1.29, 1.82) is 0 Å². The minimum atomic E-state index is -0.547. The van der Waals surface area contributed by atoms with Gasteiger partial charge in [0.15, 0.2) is 10.8 Å². The van der Waals surface area contributed by atoms with Crippen LogP contribution in [0.15, 0.2) is 54.6 Å². The highest BCUT2D eigenvalue weighted by Crippen LogP contribution is 2.30. The molecule has 0 bridgehead atoms. The van der Waals surface area contributed by atoms with E-state index in [-0.39, 0.29) is 23.9 Å². The number of benzene rings is 2. The third-order valence-electron chi connectivity index (χ3n) is 4.81. The van der Waals surface area contributed by atoms with Crippen molar-refractivity contribution in [3.63, 3.8) is 0 Å². The molecule has 1 atom stereocenters. The average molecular weight is 421 g/mol. The van der Waals surface area contributed by atoms with E-state index in [9.17, 15) is 14.4 Å². The van der Waals surface area contributed by atoms with Crippen LogP contribution in [0.4, 0.5) is 5.13 Å². The average Bonchev–Trinajstić information content (AvgIpc) is 3.29. The number of aromatic nitrogens is 1. The minimum Gasteiger partial charge on any atom is -0.464 e. The highest BCUT2D eigenvalue weighted by molar-refractivity contribution is 7.16. The van der Waals surface area contributed by atoms with E-state index in [1.54, 1.807) is 12.1 Å². The molecule has 8 heteroatoms. The molecule has 152 valence electrons. The number of methoxy groups -OCH3 is 1.